The van der Waals surface area contributed by atoms with Crippen molar-refractivity contribution in [3.8, 4) is 0 Å². The van der Waals surface area contributed by atoms with Gasteiger partial charge >= 0.3 is 151 Å². The average Bonchev–Trinajstić information content (AvgIpc) is 1.70. The molecule has 0 bridgehead atoms. The summed E-state index contributed by atoms with van der Waals surface area (Å²) in [4.78, 5) is 0. The van der Waals surface area contributed by atoms with Crippen LogP contribution in [-0.4, -0.2) is 0 Å². The Hall–Kier alpha value is 2.21. The summed E-state index contributed by atoms with van der Waals surface area (Å²) < 4.78 is 0. The van der Waals surface area contributed by atoms with E-state index in [1.165, 1.54) is 218 Å². The van der Waals surface area contributed by atoms with Crippen molar-refractivity contribution in [3.63, 3.8) is 0 Å². The summed E-state index contributed by atoms with van der Waals surface area (Å²) in [7, 11) is 39.5. The zero-order chi connectivity index (χ0) is 67.1. The first-order chi connectivity index (χ1) is 46.3. The van der Waals surface area contributed by atoms with E-state index in [1.807, 2.05) is 0 Å². The quantitative estimate of drug-likeness (QED) is 0.107. The summed E-state index contributed by atoms with van der Waals surface area (Å²) in [5.74, 6) is 16.1. The van der Waals surface area contributed by atoms with Crippen LogP contribution in [0.15, 0.2) is 170 Å². The van der Waals surface area contributed by atoms with Gasteiger partial charge in [0.2, 0.25) is 0 Å². The Bertz CT molecular complexity index is 2170. The van der Waals surface area contributed by atoms with E-state index < -0.39 is 83.4 Å². The maximum atomic E-state index is 4.93. The van der Waals surface area contributed by atoms with Crippen LogP contribution in [0.4, 0.5) is 0 Å². The molecule has 8 saturated carbocycles. The second-order valence-electron chi connectivity index (χ2n) is 28.9. The normalized spacial score (nSPS) is 28.9. The van der Waals surface area contributed by atoms with Crippen LogP contribution in [-0.2, 0) is 83.4 Å². The van der Waals surface area contributed by atoms with Gasteiger partial charge in [-0.1, -0.05) is 302 Å². The molecule has 592 valence electrons. The van der Waals surface area contributed by atoms with E-state index in [-0.39, 0.29) is 74.3 Å². The number of hydrogen-bond donors (Lipinski definition) is 0. The molecule has 0 aromatic carbocycles. The molecule has 0 nitrogen and oxygen atoms in total. The predicted molar refractivity (Wildman–Crippen MR) is 471 cm³/mol. The maximum absolute atomic E-state index is 4.93. The van der Waals surface area contributed by atoms with Gasteiger partial charge in [0.25, 0.3) is 0 Å². The van der Waals surface area contributed by atoms with Crippen LogP contribution in [0, 0.1) is 166 Å². The number of fused-ring (bicyclic) bond motifs is 6. The van der Waals surface area contributed by atoms with Crippen molar-refractivity contribution in [3.05, 3.63) is 230 Å². The van der Waals surface area contributed by atoms with Gasteiger partial charge in [0.05, 0.1) is 0 Å². The summed E-state index contributed by atoms with van der Waals surface area (Å²) in [6, 6.07) is 0. The predicted octanol–water partition coefficient (Wildman–Crippen LogP) is 34.7. The molecule has 0 heterocycles. The van der Waals surface area contributed by atoms with Gasteiger partial charge in [-0.05, 0) is 222 Å². The fourth-order valence-electron chi connectivity index (χ4n) is 18.3. The standard InChI is InChI=1S/2C23H30.2C9H12.2C9H18.2CH4.8CH3.8ClH.4Zr/c2*1(2-8-18-14-16-20-10-4-6-12-22(18)20)3-9-19-15-17-21-11-5-7-13-23(19)21;2*1-2-5-9-7-3-6-8(9)4-1;2*1-2-3-6-9-7-4-5-8-9;;;;;;;;;;;;;;;;;;;;;;/h2*1-2,4-7,10-13,18-23H,3,8-9,14-17H2;2*1-2,4-5,8-9H,3,6-7H2;2*9H,2-8H2,1H3;2*1H4;8*1H3;8*1H;;;;/q;;;;;;;;8*-1;;;;;;;;;4*+4/p-8/b2*2-1+;;;;;;;;;;;;;;;;;;;;;;;;;;. The Morgan fingerprint density at radius 3 is 0.731 bits per heavy atom. The molecule has 104 heavy (non-hydrogen) atoms. The Kier molecular flexibility index (Phi) is 86.1. The summed E-state index contributed by atoms with van der Waals surface area (Å²) in [5.41, 5.74) is 0. The van der Waals surface area contributed by atoms with Crippen molar-refractivity contribution in [2.24, 2.45) is 107 Å². The summed E-state index contributed by atoms with van der Waals surface area (Å²) in [5, 5.41) is 0. The van der Waals surface area contributed by atoms with Crippen molar-refractivity contribution in [2.75, 3.05) is 0 Å². The zero-order valence-corrected chi connectivity index (χ0v) is 81.5. The number of halogens is 8. The SMILES string of the molecule is C.C.C1=CC2CCC(C/C=C/CCC3CCC4C=CC=CC43)C2C=C1.C1=CC2CCC(C/C=C/CCC3CCC4C=CC=CC43)C2C=C1.C1=CC2CCCC2C=C1.C1=CC2CCCC2C=C1.CCCCC1CCCC1.CCCCC1CCCC1.[CH3-].[CH3-].[CH3-].[CH3-].[CH3-].[CH3-].[CH3-].[CH3-].[Cl][Zr+2][Cl].[Cl][Zr+2][Cl].[Cl][Zr+2][Cl].[Cl][Zr+2][Cl]. The van der Waals surface area contributed by atoms with Crippen LogP contribution in [0.3, 0.4) is 0 Å². The van der Waals surface area contributed by atoms with Crippen LogP contribution < -0.4 is 0 Å². The molecule has 14 rings (SSSR count). The first-order valence-corrected chi connectivity index (χ1v) is 62.9. The average molecular weight is 1910 g/mol. The molecule has 0 aromatic heterocycles. The molecule has 0 N–H and O–H groups in total. The Morgan fingerprint density at radius 1 is 0.260 bits per heavy atom. The Labute approximate surface area is 725 Å². The third-order valence-electron chi connectivity index (χ3n) is 23.3. The minimum absolute atomic E-state index is 0. The van der Waals surface area contributed by atoms with E-state index in [9.17, 15) is 0 Å². The first-order valence-electron chi connectivity index (χ1n) is 37.5. The topological polar surface area (TPSA) is 0 Å². The van der Waals surface area contributed by atoms with Crippen molar-refractivity contribution in [2.45, 2.75) is 247 Å². The van der Waals surface area contributed by atoms with E-state index in [0.717, 1.165) is 107 Å². The van der Waals surface area contributed by atoms with Gasteiger partial charge in [-0.3, -0.25) is 0 Å². The van der Waals surface area contributed by atoms with Gasteiger partial charge in [-0.15, -0.1) is 0 Å². The number of allylic oxidation sites excluding steroid dienone is 28. The van der Waals surface area contributed by atoms with Crippen molar-refractivity contribution < 1.29 is 83.4 Å². The van der Waals surface area contributed by atoms with Crippen LogP contribution in [0.5, 0.6) is 0 Å². The molecular weight excluding hydrogens is 1750 g/mol. The monoisotopic (exact) mass is 1900 g/mol. The van der Waals surface area contributed by atoms with Crippen molar-refractivity contribution in [1.29, 1.82) is 0 Å². The molecular formula is C92H152Cl8Zr4. The zero-order valence-electron chi connectivity index (χ0n) is 65.6. The molecule has 14 aliphatic carbocycles. The van der Waals surface area contributed by atoms with Gasteiger partial charge in [-0.25, -0.2) is 0 Å². The molecule has 0 aliphatic heterocycles. The van der Waals surface area contributed by atoms with Crippen molar-refractivity contribution >= 4 is 68.1 Å². The van der Waals surface area contributed by atoms with Gasteiger partial charge in [0, 0.05) is 0 Å². The number of hydrogen-bond acceptors (Lipinski definition) is 0. The van der Waals surface area contributed by atoms with Gasteiger partial charge in [-0.2, -0.15) is 0 Å². The summed E-state index contributed by atoms with van der Waals surface area (Å²) >= 11 is -3.30. The molecule has 0 aromatic rings. The fraction of sp³-hybridized carbons (Fsp3) is 0.609. The van der Waals surface area contributed by atoms with E-state index in [1.54, 1.807) is 0 Å². The summed E-state index contributed by atoms with van der Waals surface area (Å²) in [6.07, 6.45) is 114. The summed E-state index contributed by atoms with van der Waals surface area (Å²) in [6.45, 7) is 4.57. The van der Waals surface area contributed by atoms with E-state index in [0.29, 0.717) is 0 Å². The van der Waals surface area contributed by atoms with Gasteiger partial charge < -0.3 is 59.4 Å². The van der Waals surface area contributed by atoms with Gasteiger partial charge in [0.15, 0.2) is 0 Å². The van der Waals surface area contributed by atoms with Crippen LogP contribution in [0.25, 0.3) is 0 Å². The van der Waals surface area contributed by atoms with Gasteiger partial charge in [0.1, 0.15) is 0 Å². The van der Waals surface area contributed by atoms with E-state index in [2.05, 4.69) is 184 Å². The third-order valence-corrected chi connectivity index (χ3v) is 23.3. The van der Waals surface area contributed by atoms with Crippen molar-refractivity contribution in [1.82, 2.24) is 0 Å². The Balaban J connectivity index is -0.000000275. The molecule has 12 heteroatoms. The molecule has 0 spiro atoms. The molecule has 16 unspecified atom stereocenters. The third kappa shape index (κ3) is 46.7. The van der Waals surface area contributed by atoms with Crippen LogP contribution in [0.1, 0.15) is 247 Å². The Morgan fingerprint density at radius 2 is 0.481 bits per heavy atom. The van der Waals surface area contributed by atoms with E-state index >= 15 is 0 Å². The van der Waals surface area contributed by atoms with Crippen LogP contribution in [0.2, 0.25) is 0 Å². The molecule has 8 fully saturated rings. The molecule has 14 aliphatic rings. The molecule has 0 radical (unpaired) electrons. The van der Waals surface area contributed by atoms with Crippen LogP contribution >= 0.6 is 68.1 Å². The first kappa shape index (κ1) is 117. The van der Waals surface area contributed by atoms with E-state index in [4.69, 9.17) is 68.1 Å². The number of rotatable bonds is 16. The minimum atomic E-state index is -0.826. The second kappa shape index (κ2) is 76.5. The molecule has 16 atom stereocenters. The molecule has 0 saturated heterocycles. The molecule has 0 amide bonds. The fourth-order valence-corrected chi connectivity index (χ4v) is 18.3. The second-order valence-corrected chi connectivity index (χ2v) is 43.8. The number of unbranched alkanes of at least 4 members (excludes halogenated alkanes) is 2.